The molecule has 5 rings (SSSR count). The number of amides is 1. The molecule has 3 heterocycles. The van der Waals surface area contributed by atoms with E-state index in [9.17, 15) is 4.79 Å². The fourth-order valence-electron chi connectivity index (χ4n) is 4.18. The smallest absolute Gasteiger partial charge is 0.292 e. The number of methoxy groups -OCH3 is 1. The van der Waals surface area contributed by atoms with Gasteiger partial charge in [-0.05, 0) is 63.8 Å². The molecule has 0 radical (unpaired) electrons. The third-order valence-electron chi connectivity index (χ3n) is 6.12. The third kappa shape index (κ3) is 6.07. The van der Waals surface area contributed by atoms with Crippen molar-refractivity contribution in [3.05, 3.63) is 69.5 Å². The number of hydrazone groups is 1. The molecule has 0 atom stereocenters. The minimum atomic E-state index is -0.550. The number of hydrogen-bond donors (Lipinski definition) is 2. The number of nitrogen functional groups attached to an aromatic ring is 1. The maximum Gasteiger partial charge on any atom is 0.292 e. The zero-order valence-electron chi connectivity index (χ0n) is 21.1. The van der Waals surface area contributed by atoms with Gasteiger partial charge >= 0.3 is 0 Å². The Morgan fingerprint density at radius 1 is 1.23 bits per heavy atom. The number of halogens is 1. The molecule has 1 aliphatic heterocycles. The second-order valence-corrected chi connectivity index (χ2v) is 9.60. The van der Waals surface area contributed by atoms with Gasteiger partial charge in [0.05, 0.1) is 18.9 Å². The summed E-state index contributed by atoms with van der Waals surface area (Å²) in [6.07, 6.45) is 3.65. The van der Waals surface area contributed by atoms with E-state index in [1.807, 2.05) is 36.4 Å². The Bertz CT molecular complexity index is 1470. The number of carbonyl (C=O) groups is 1. The second kappa shape index (κ2) is 12.0. The molecule has 0 spiro atoms. The minimum absolute atomic E-state index is 0.0200. The fourth-order valence-corrected chi connectivity index (χ4v) is 4.70. The molecule has 1 fully saturated rings. The third-order valence-corrected chi connectivity index (χ3v) is 6.77. The second-order valence-electron chi connectivity index (χ2n) is 8.75. The van der Waals surface area contributed by atoms with Crippen LogP contribution in [0.4, 0.5) is 5.82 Å². The first-order chi connectivity index (χ1) is 19.0. The van der Waals surface area contributed by atoms with Crippen LogP contribution in [0.25, 0.3) is 5.82 Å². The van der Waals surface area contributed by atoms with Crippen molar-refractivity contribution in [3.8, 4) is 17.3 Å². The van der Waals surface area contributed by atoms with Gasteiger partial charge in [0.15, 0.2) is 5.69 Å². The van der Waals surface area contributed by atoms with Crippen LogP contribution in [0.2, 0.25) is 0 Å². The molecule has 0 aliphatic carbocycles. The van der Waals surface area contributed by atoms with Crippen molar-refractivity contribution >= 4 is 33.9 Å². The number of carbonyl (C=O) groups excluding carboxylic acids is 1. The van der Waals surface area contributed by atoms with E-state index in [0.717, 1.165) is 31.5 Å². The molecule has 0 unspecified atom stereocenters. The van der Waals surface area contributed by atoms with Gasteiger partial charge in [-0.2, -0.15) is 9.78 Å². The van der Waals surface area contributed by atoms with Crippen LogP contribution >= 0.6 is 15.9 Å². The number of nitrogens with zero attached hydrogens (tertiary/aromatic N) is 7. The van der Waals surface area contributed by atoms with E-state index < -0.39 is 5.91 Å². The Labute approximate surface area is 232 Å². The molecule has 2 aromatic carbocycles. The number of anilines is 1. The Kier molecular flexibility index (Phi) is 8.13. The Balaban J connectivity index is 1.34. The van der Waals surface area contributed by atoms with E-state index in [2.05, 4.69) is 52.0 Å². The van der Waals surface area contributed by atoms with Gasteiger partial charge in [-0.25, -0.2) is 10.1 Å². The van der Waals surface area contributed by atoms with Crippen molar-refractivity contribution < 1.29 is 18.9 Å². The summed E-state index contributed by atoms with van der Waals surface area (Å²) < 4.78 is 18.0. The highest BCUT2D eigenvalue weighted by Gasteiger charge is 2.27. The molecule has 39 heavy (non-hydrogen) atoms. The highest BCUT2D eigenvalue weighted by atomic mass is 79.9. The van der Waals surface area contributed by atoms with E-state index in [1.165, 1.54) is 10.9 Å². The number of nitrogens with one attached hydrogen (secondary N) is 1. The topological polar surface area (TPSA) is 159 Å². The number of nitrogens with two attached hydrogens (primary N) is 1. The normalized spacial score (nSPS) is 13.7. The van der Waals surface area contributed by atoms with E-state index in [1.54, 1.807) is 13.2 Å². The molecule has 13 nitrogen and oxygen atoms in total. The number of likely N-dealkylation sites (tertiary alicyclic amines) is 1. The largest absolute Gasteiger partial charge is 0.496 e. The van der Waals surface area contributed by atoms with Gasteiger partial charge < -0.3 is 15.2 Å². The molecule has 0 saturated carbocycles. The van der Waals surface area contributed by atoms with Crippen molar-refractivity contribution in [1.82, 2.24) is 35.6 Å². The van der Waals surface area contributed by atoms with Crippen LogP contribution in [-0.4, -0.2) is 62.5 Å². The average molecular weight is 596 g/mol. The molecule has 14 heteroatoms. The average Bonchev–Trinajstić information content (AvgIpc) is 3.70. The Morgan fingerprint density at radius 3 is 2.74 bits per heavy atom. The summed E-state index contributed by atoms with van der Waals surface area (Å²) in [5.41, 5.74) is 10.6. The highest BCUT2D eigenvalue weighted by molar-refractivity contribution is 9.10. The van der Waals surface area contributed by atoms with Gasteiger partial charge in [0.25, 0.3) is 5.91 Å². The van der Waals surface area contributed by atoms with Crippen molar-refractivity contribution in [2.45, 2.75) is 26.0 Å². The van der Waals surface area contributed by atoms with E-state index in [-0.39, 0.29) is 17.3 Å². The molecule has 1 aliphatic rings. The van der Waals surface area contributed by atoms with Gasteiger partial charge in [0, 0.05) is 17.1 Å². The predicted molar refractivity (Wildman–Crippen MR) is 145 cm³/mol. The van der Waals surface area contributed by atoms with Crippen LogP contribution < -0.4 is 20.6 Å². The summed E-state index contributed by atoms with van der Waals surface area (Å²) in [5.74, 6) is 0.622. The molecular weight excluding hydrogens is 570 g/mol. The van der Waals surface area contributed by atoms with Crippen LogP contribution in [0, 0.1) is 0 Å². The Morgan fingerprint density at radius 2 is 2.03 bits per heavy atom. The van der Waals surface area contributed by atoms with E-state index in [4.69, 9.17) is 19.8 Å². The lowest BCUT2D eigenvalue weighted by molar-refractivity contribution is 0.0945. The molecule has 202 valence electrons. The van der Waals surface area contributed by atoms with Crippen molar-refractivity contribution in [2.75, 3.05) is 25.9 Å². The summed E-state index contributed by atoms with van der Waals surface area (Å²) in [6.45, 7) is 2.69. The zero-order chi connectivity index (χ0) is 27.2. The maximum atomic E-state index is 13.3. The molecule has 2 aromatic heterocycles. The standard InChI is InChI=1S/C25H26BrN9O4/c1-37-21-12-17(38-15-16-7-3-2-4-8-16)11-19(26)18(21)13-28-30-25(36)22-20(14-34-9-5-6-10-34)29-33-35(22)24-23(27)31-39-32-24/h2-4,7-8,11-13H,5-6,9-10,14-15H2,1H3,(H2,27,31)(H,30,36)/b28-13+. The van der Waals surface area contributed by atoms with Crippen molar-refractivity contribution in [2.24, 2.45) is 5.10 Å². The summed E-state index contributed by atoms with van der Waals surface area (Å²) >= 11 is 3.54. The van der Waals surface area contributed by atoms with E-state index >= 15 is 0 Å². The van der Waals surface area contributed by atoms with Crippen LogP contribution in [0.5, 0.6) is 11.5 Å². The van der Waals surface area contributed by atoms with Crippen LogP contribution in [-0.2, 0) is 13.2 Å². The molecule has 4 aromatic rings. The number of rotatable bonds is 10. The summed E-state index contributed by atoms with van der Waals surface area (Å²) in [5, 5.41) is 19.8. The summed E-state index contributed by atoms with van der Waals surface area (Å²) in [7, 11) is 1.55. The van der Waals surface area contributed by atoms with Gasteiger partial charge in [-0.1, -0.05) is 35.5 Å². The number of hydrogen-bond acceptors (Lipinski definition) is 11. The molecule has 0 bridgehead atoms. The highest BCUT2D eigenvalue weighted by Crippen LogP contribution is 2.31. The van der Waals surface area contributed by atoms with Gasteiger partial charge in [0.1, 0.15) is 23.8 Å². The van der Waals surface area contributed by atoms with Crippen LogP contribution in [0.3, 0.4) is 0 Å². The molecule has 3 N–H and O–H groups in total. The number of ether oxygens (including phenoxy) is 2. The Hall–Kier alpha value is -4.30. The fraction of sp³-hybridized carbons (Fsp3) is 0.280. The molecule has 1 saturated heterocycles. The quantitative estimate of drug-likeness (QED) is 0.206. The van der Waals surface area contributed by atoms with Crippen LogP contribution in [0.1, 0.15) is 40.2 Å². The number of aromatic nitrogens is 5. The number of benzene rings is 2. The minimum Gasteiger partial charge on any atom is -0.496 e. The first-order valence-corrected chi connectivity index (χ1v) is 13.0. The van der Waals surface area contributed by atoms with E-state index in [0.29, 0.717) is 40.4 Å². The molecule has 1 amide bonds. The molecular formula is C25H26BrN9O4. The van der Waals surface area contributed by atoms with Gasteiger partial charge in [0.2, 0.25) is 11.6 Å². The first kappa shape index (κ1) is 26.3. The zero-order valence-corrected chi connectivity index (χ0v) is 22.7. The first-order valence-electron chi connectivity index (χ1n) is 12.2. The lowest BCUT2D eigenvalue weighted by Crippen LogP contribution is -2.26. The van der Waals surface area contributed by atoms with Crippen LogP contribution in [0.15, 0.2) is 56.7 Å². The van der Waals surface area contributed by atoms with Gasteiger partial charge in [-0.3, -0.25) is 9.69 Å². The van der Waals surface area contributed by atoms with Gasteiger partial charge in [-0.15, -0.1) is 5.10 Å². The predicted octanol–water partition coefficient (Wildman–Crippen LogP) is 2.94. The summed E-state index contributed by atoms with van der Waals surface area (Å²) in [6, 6.07) is 13.4. The maximum absolute atomic E-state index is 13.3. The lowest BCUT2D eigenvalue weighted by Gasteiger charge is -2.13. The van der Waals surface area contributed by atoms with Crippen molar-refractivity contribution in [1.29, 1.82) is 0 Å². The van der Waals surface area contributed by atoms with Crippen molar-refractivity contribution in [3.63, 3.8) is 0 Å². The SMILES string of the molecule is COc1cc(OCc2ccccc2)cc(Br)c1/C=N/NC(=O)c1c(CN2CCCC2)nnn1-c1nonc1N. The lowest BCUT2D eigenvalue weighted by atomic mass is 10.2. The summed E-state index contributed by atoms with van der Waals surface area (Å²) in [4.78, 5) is 15.5. The monoisotopic (exact) mass is 595 g/mol.